The second-order valence-electron chi connectivity index (χ2n) is 8.73. The van der Waals surface area contributed by atoms with E-state index >= 15 is 0 Å². The minimum Gasteiger partial charge on any atom is -0.337 e. The summed E-state index contributed by atoms with van der Waals surface area (Å²) in [5.74, 6) is -1.04. The molecule has 2 aromatic carbocycles. The maximum absolute atomic E-state index is 14.7. The first-order chi connectivity index (χ1) is 18.1. The summed E-state index contributed by atoms with van der Waals surface area (Å²) in [4.78, 5) is 36.0. The Kier molecular flexibility index (Phi) is 6.86. The molecule has 0 bridgehead atoms. The average molecular weight is 591 g/mol. The molecule has 5 rings (SSSR count). The van der Waals surface area contributed by atoms with Crippen LogP contribution in [-0.2, 0) is 12.6 Å². The van der Waals surface area contributed by atoms with Crippen molar-refractivity contribution in [1.82, 2.24) is 25.1 Å². The second kappa shape index (κ2) is 10.1. The van der Waals surface area contributed by atoms with Crippen molar-refractivity contribution in [3.8, 4) is 0 Å². The van der Waals surface area contributed by atoms with Crippen LogP contribution in [0.3, 0.4) is 0 Å². The molecule has 13 heteroatoms. The Morgan fingerprint density at radius 1 is 1.00 bits per heavy atom. The Hall–Kier alpha value is -3.87. The van der Waals surface area contributed by atoms with E-state index in [1.807, 2.05) is 0 Å². The van der Waals surface area contributed by atoms with Gasteiger partial charge in [0.2, 0.25) is 5.95 Å². The highest BCUT2D eigenvalue weighted by Crippen LogP contribution is 2.28. The van der Waals surface area contributed by atoms with Gasteiger partial charge in [-0.25, -0.2) is 19.5 Å². The molecule has 1 N–H and O–H groups in total. The van der Waals surface area contributed by atoms with Gasteiger partial charge in [-0.15, -0.1) is 0 Å². The predicted octanol–water partition coefficient (Wildman–Crippen LogP) is 4.19. The summed E-state index contributed by atoms with van der Waals surface area (Å²) in [6.07, 6.45) is -2.83. The number of alkyl halides is 3. The summed E-state index contributed by atoms with van der Waals surface area (Å²) in [6.45, 7) is 0.987. The number of fused-ring (bicyclic) bond motifs is 1. The fourth-order valence-corrected chi connectivity index (χ4v) is 4.64. The van der Waals surface area contributed by atoms with Gasteiger partial charge in [0.15, 0.2) is 0 Å². The number of hydrogen-bond acceptors (Lipinski definition) is 6. The highest BCUT2D eigenvalue weighted by Gasteiger charge is 2.32. The molecule has 0 aliphatic carbocycles. The highest BCUT2D eigenvalue weighted by molar-refractivity contribution is 9.10. The number of benzene rings is 2. The third kappa shape index (κ3) is 5.23. The first kappa shape index (κ1) is 25.8. The zero-order chi connectivity index (χ0) is 27.0. The highest BCUT2D eigenvalue weighted by atomic mass is 79.9. The van der Waals surface area contributed by atoms with Crippen LogP contribution < -0.4 is 10.5 Å². The molecule has 3 heterocycles. The molecule has 1 aliphatic heterocycles. The molecule has 38 heavy (non-hydrogen) atoms. The van der Waals surface area contributed by atoms with Gasteiger partial charge in [-0.1, -0.05) is 22.0 Å². The number of anilines is 1. The fourth-order valence-electron chi connectivity index (χ4n) is 4.28. The number of rotatable bonds is 4. The lowest BCUT2D eigenvalue weighted by molar-refractivity contribution is -0.138. The van der Waals surface area contributed by atoms with Crippen molar-refractivity contribution in [2.75, 3.05) is 31.1 Å². The predicted molar refractivity (Wildman–Crippen MR) is 134 cm³/mol. The van der Waals surface area contributed by atoms with Crippen molar-refractivity contribution in [3.63, 3.8) is 0 Å². The van der Waals surface area contributed by atoms with Crippen LogP contribution in [0.1, 0.15) is 27.2 Å². The van der Waals surface area contributed by atoms with Crippen LogP contribution in [0.5, 0.6) is 0 Å². The number of amides is 1. The first-order valence-corrected chi connectivity index (χ1v) is 12.3. The van der Waals surface area contributed by atoms with E-state index in [1.165, 1.54) is 17.0 Å². The van der Waals surface area contributed by atoms with Crippen LogP contribution in [0.4, 0.5) is 23.5 Å². The molecule has 0 radical (unpaired) electrons. The van der Waals surface area contributed by atoms with Crippen molar-refractivity contribution in [2.45, 2.75) is 12.6 Å². The summed E-state index contributed by atoms with van der Waals surface area (Å²) in [5, 5.41) is 7.73. The number of nitrogens with zero attached hydrogens (tertiary/aromatic N) is 5. The Balaban J connectivity index is 1.31. The van der Waals surface area contributed by atoms with Crippen molar-refractivity contribution in [2.24, 2.45) is 0 Å². The number of H-pyrrole nitrogens is 1. The number of hydrogen-bond donors (Lipinski definition) is 1. The second-order valence-corrected chi connectivity index (χ2v) is 9.64. The lowest BCUT2D eigenvalue weighted by Crippen LogP contribution is -2.49. The van der Waals surface area contributed by atoms with Gasteiger partial charge in [-0.3, -0.25) is 9.59 Å². The molecule has 2 aromatic heterocycles. The molecule has 1 saturated heterocycles. The molecule has 0 spiro atoms. The molecule has 4 aromatic rings. The van der Waals surface area contributed by atoms with Gasteiger partial charge in [-0.2, -0.15) is 18.3 Å². The number of piperazine rings is 1. The number of halogens is 5. The molecule has 1 aliphatic rings. The van der Waals surface area contributed by atoms with Crippen LogP contribution in [0, 0.1) is 5.82 Å². The molecule has 196 valence electrons. The van der Waals surface area contributed by atoms with Crippen molar-refractivity contribution in [1.29, 1.82) is 0 Å². The minimum absolute atomic E-state index is 0.100. The van der Waals surface area contributed by atoms with Gasteiger partial charge in [-0.05, 0) is 35.9 Å². The molecule has 8 nitrogen and oxygen atoms in total. The topological polar surface area (TPSA) is 95.1 Å². The van der Waals surface area contributed by atoms with E-state index in [0.29, 0.717) is 22.0 Å². The Bertz CT molecular complexity index is 1570. The van der Waals surface area contributed by atoms with Gasteiger partial charge in [0, 0.05) is 54.9 Å². The van der Waals surface area contributed by atoms with E-state index in [0.717, 1.165) is 16.9 Å². The average Bonchev–Trinajstić information content (AvgIpc) is 2.90. The first-order valence-electron chi connectivity index (χ1n) is 11.5. The van der Waals surface area contributed by atoms with E-state index in [-0.39, 0.29) is 49.7 Å². The lowest BCUT2D eigenvalue weighted by atomic mass is 10.0. The smallest absolute Gasteiger partial charge is 0.337 e. The van der Waals surface area contributed by atoms with Gasteiger partial charge < -0.3 is 9.80 Å². The SMILES string of the molecule is O=C(c1cc(Cc2n[nH]c(=O)c3ccc(Br)cc23)ccc1F)N1CCN(c2ncc(C(F)(F)F)cn2)CC1. The van der Waals surface area contributed by atoms with Crippen LogP contribution in [0.15, 0.2) is 58.1 Å². The Labute approximate surface area is 221 Å². The quantitative estimate of drug-likeness (QED) is 0.358. The molecular formula is C25H19BrF4N6O2. The maximum atomic E-state index is 14.7. The summed E-state index contributed by atoms with van der Waals surface area (Å²) in [7, 11) is 0. The van der Waals surface area contributed by atoms with Crippen molar-refractivity contribution < 1.29 is 22.4 Å². The van der Waals surface area contributed by atoms with E-state index < -0.39 is 23.5 Å². The Morgan fingerprint density at radius 2 is 1.71 bits per heavy atom. The zero-order valence-electron chi connectivity index (χ0n) is 19.6. The standard InChI is InChI=1S/C25H19BrF4N6O2/c26-16-2-3-17-18(11-16)21(33-34-22(17)37)10-14-1-4-20(27)19(9-14)23(38)35-5-7-36(8-6-35)24-31-12-15(13-32-24)25(28,29)30/h1-4,9,11-13H,5-8,10H2,(H,34,37). The number of carbonyl (C=O) groups excluding carboxylic acids is 1. The normalized spacial score (nSPS) is 14.2. The monoisotopic (exact) mass is 590 g/mol. The molecular weight excluding hydrogens is 572 g/mol. The van der Waals surface area contributed by atoms with E-state index in [2.05, 4.69) is 36.1 Å². The van der Waals surface area contributed by atoms with Crippen LogP contribution in [0.2, 0.25) is 0 Å². The summed E-state index contributed by atoms with van der Waals surface area (Å²) in [5.41, 5.74) is -0.171. The third-order valence-corrected chi connectivity index (χ3v) is 6.77. The van der Waals surface area contributed by atoms with Crippen molar-refractivity contribution in [3.05, 3.63) is 91.8 Å². The minimum atomic E-state index is -4.53. The third-order valence-electron chi connectivity index (χ3n) is 6.28. The summed E-state index contributed by atoms with van der Waals surface area (Å²) >= 11 is 3.39. The number of aromatic nitrogens is 4. The molecule has 1 fully saturated rings. The molecule has 0 unspecified atom stereocenters. The fraction of sp³-hybridized carbons (Fsp3) is 0.240. The van der Waals surface area contributed by atoms with Crippen LogP contribution in [-0.4, -0.2) is 57.2 Å². The van der Waals surface area contributed by atoms with E-state index in [9.17, 15) is 27.2 Å². The Morgan fingerprint density at radius 3 is 2.39 bits per heavy atom. The van der Waals surface area contributed by atoms with Crippen molar-refractivity contribution >= 4 is 38.6 Å². The largest absolute Gasteiger partial charge is 0.419 e. The molecule has 0 saturated carbocycles. The molecule has 1 amide bonds. The molecule has 0 atom stereocenters. The lowest BCUT2D eigenvalue weighted by Gasteiger charge is -2.34. The van der Waals surface area contributed by atoms with E-state index in [4.69, 9.17) is 0 Å². The van der Waals surface area contributed by atoms with Gasteiger partial charge in [0.1, 0.15) is 5.82 Å². The number of aromatic amines is 1. The van der Waals surface area contributed by atoms with Crippen LogP contribution >= 0.6 is 15.9 Å². The van der Waals surface area contributed by atoms with Gasteiger partial charge in [0.25, 0.3) is 11.5 Å². The van der Waals surface area contributed by atoms with Crippen LogP contribution in [0.25, 0.3) is 10.8 Å². The van der Waals surface area contributed by atoms with E-state index in [1.54, 1.807) is 29.2 Å². The summed E-state index contributed by atoms with van der Waals surface area (Å²) < 4.78 is 53.8. The maximum Gasteiger partial charge on any atom is 0.419 e. The number of nitrogens with one attached hydrogen (secondary N) is 1. The number of carbonyl (C=O) groups is 1. The summed E-state index contributed by atoms with van der Waals surface area (Å²) in [6, 6.07) is 9.46. The van der Waals surface area contributed by atoms with Gasteiger partial charge >= 0.3 is 6.18 Å². The zero-order valence-corrected chi connectivity index (χ0v) is 21.2. The van der Waals surface area contributed by atoms with Gasteiger partial charge in [0.05, 0.1) is 22.2 Å².